The lowest BCUT2D eigenvalue weighted by molar-refractivity contribution is -0.137. The number of nitriles is 1. The summed E-state index contributed by atoms with van der Waals surface area (Å²) in [5, 5.41) is 23.0. The van der Waals surface area contributed by atoms with Gasteiger partial charge < -0.3 is 15.3 Å². The number of aryl methyl sites for hydroxylation is 1. The molecule has 1 atom stereocenters. The van der Waals surface area contributed by atoms with Crippen LogP contribution in [0.5, 0.6) is 0 Å². The van der Waals surface area contributed by atoms with E-state index in [9.17, 15) is 10.1 Å². The van der Waals surface area contributed by atoms with Gasteiger partial charge in [0, 0.05) is 22.4 Å². The zero-order valence-corrected chi connectivity index (χ0v) is 15.2. The minimum atomic E-state index is -0.889. The minimum absolute atomic E-state index is 0.0371. The molecule has 0 aliphatic heterocycles. The molecule has 27 heavy (non-hydrogen) atoms. The van der Waals surface area contributed by atoms with Crippen LogP contribution in [0.2, 0.25) is 0 Å². The number of carboxylic acids is 1. The number of nitrogens with two attached hydrogens (primary N) is 1. The van der Waals surface area contributed by atoms with Gasteiger partial charge in [-0.2, -0.15) is 10.4 Å². The summed E-state index contributed by atoms with van der Waals surface area (Å²) in [6, 6.07) is 5.31. The molecule has 0 saturated carbocycles. The van der Waals surface area contributed by atoms with E-state index >= 15 is 0 Å². The predicted octanol–water partition coefficient (Wildman–Crippen LogP) is 3.31. The monoisotopic (exact) mass is 365 g/mol. The van der Waals surface area contributed by atoms with Crippen LogP contribution in [0.25, 0.3) is 22.4 Å². The zero-order chi connectivity index (χ0) is 19.7. The molecule has 3 heterocycles. The SMILES string of the molecule is Cc1nn([C@@H](C)CC(=O)O)c(C)c1-c1cc(-c2ccoc2)c(C#N)c(N)n1. The molecule has 3 aromatic heterocycles. The van der Waals surface area contributed by atoms with Gasteiger partial charge in [0.25, 0.3) is 0 Å². The lowest BCUT2D eigenvalue weighted by Gasteiger charge is -2.13. The molecule has 0 aliphatic carbocycles. The number of carboxylic acid groups (broad SMARTS) is 1. The fourth-order valence-electron chi connectivity index (χ4n) is 3.26. The molecule has 0 aliphatic rings. The Kier molecular flexibility index (Phi) is 4.69. The molecule has 0 saturated heterocycles. The Morgan fingerprint density at radius 2 is 2.22 bits per heavy atom. The van der Waals surface area contributed by atoms with Crippen LogP contribution in [0.4, 0.5) is 5.82 Å². The lowest BCUT2D eigenvalue weighted by Crippen LogP contribution is -2.13. The molecule has 3 aromatic rings. The molecule has 138 valence electrons. The maximum absolute atomic E-state index is 11.0. The van der Waals surface area contributed by atoms with Crippen molar-refractivity contribution in [3.8, 4) is 28.5 Å². The highest BCUT2D eigenvalue weighted by atomic mass is 16.4. The van der Waals surface area contributed by atoms with Crippen molar-refractivity contribution < 1.29 is 14.3 Å². The van der Waals surface area contributed by atoms with E-state index in [0.29, 0.717) is 17.0 Å². The number of carbonyl (C=O) groups is 1. The van der Waals surface area contributed by atoms with E-state index in [0.717, 1.165) is 16.8 Å². The quantitative estimate of drug-likeness (QED) is 0.709. The van der Waals surface area contributed by atoms with E-state index in [2.05, 4.69) is 16.2 Å². The number of hydrogen-bond acceptors (Lipinski definition) is 6. The molecular weight excluding hydrogens is 346 g/mol. The van der Waals surface area contributed by atoms with Crippen molar-refractivity contribution >= 4 is 11.8 Å². The summed E-state index contributed by atoms with van der Waals surface area (Å²) in [7, 11) is 0. The second kappa shape index (κ2) is 6.96. The minimum Gasteiger partial charge on any atom is -0.481 e. The van der Waals surface area contributed by atoms with E-state index in [1.54, 1.807) is 23.7 Å². The number of furan rings is 1. The Morgan fingerprint density at radius 3 is 2.81 bits per heavy atom. The first-order chi connectivity index (χ1) is 12.8. The normalized spacial score (nSPS) is 11.9. The van der Waals surface area contributed by atoms with Crippen molar-refractivity contribution in [1.29, 1.82) is 5.26 Å². The molecule has 0 bridgehead atoms. The molecule has 0 radical (unpaired) electrons. The molecule has 8 nitrogen and oxygen atoms in total. The number of aliphatic carboxylic acids is 1. The van der Waals surface area contributed by atoms with Gasteiger partial charge in [0.05, 0.1) is 36.4 Å². The van der Waals surface area contributed by atoms with Crippen LogP contribution in [0, 0.1) is 25.2 Å². The van der Waals surface area contributed by atoms with Crippen molar-refractivity contribution in [2.75, 3.05) is 5.73 Å². The van der Waals surface area contributed by atoms with Crippen LogP contribution in [0.15, 0.2) is 29.1 Å². The van der Waals surface area contributed by atoms with Gasteiger partial charge in [0.1, 0.15) is 17.5 Å². The van der Waals surface area contributed by atoms with Crippen LogP contribution in [-0.2, 0) is 4.79 Å². The van der Waals surface area contributed by atoms with Gasteiger partial charge >= 0.3 is 5.97 Å². The highest BCUT2D eigenvalue weighted by Crippen LogP contribution is 2.34. The van der Waals surface area contributed by atoms with Crippen LogP contribution < -0.4 is 5.73 Å². The van der Waals surface area contributed by atoms with E-state index in [1.165, 1.54) is 12.5 Å². The smallest absolute Gasteiger partial charge is 0.305 e. The van der Waals surface area contributed by atoms with Crippen molar-refractivity contribution in [3.05, 3.63) is 41.6 Å². The summed E-state index contributed by atoms with van der Waals surface area (Å²) < 4.78 is 6.82. The summed E-state index contributed by atoms with van der Waals surface area (Å²) in [5.41, 5.74) is 10.5. The number of aromatic nitrogens is 3. The summed E-state index contributed by atoms with van der Waals surface area (Å²) in [6.45, 7) is 5.50. The van der Waals surface area contributed by atoms with Gasteiger partial charge in [-0.1, -0.05) is 0 Å². The van der Waals surface area contributed by atoms with Crippen LogP contribution in [0.1, 0.15) is 36.3 Å². The first-order valence-corrected chi connectivity index (χ1v) is 8.34. The number of rotatable bonds is 5. The molecule has 0 amide bonds. The molecule has 0 spiro atoms. The standard InChI is InChI=1S/C19H19N5O3/c1-10(6-17(25)26)24-12(3)18(11(2)23-24)16-7-14(13-4-5-27-9-13)15(8-20)19(21)22-16/h4-5,7,9-10H,6H2,1-3H3,(H2,21,22)(H,25,26)/t10-/m0/s1. The van der Waals surface area contributed by atoms with Crippen molar-refractivity contribution in [2.24, 2.45) is 0 Å². The van der Waals surface area contributed by atoms with Crippen molar-refractivity contribution in [2.45, 2.75) is 33.2 Å². The molecule has 0 aromatic carbocycles. The van der Waals surface area contributed by atoms with E-state index in [4.69, 9.17) is 15.3 Å². The number of nitrogen functional groups attached to an aromatic ring is 1. The zero-order valence-electron chi connectivity index (χ0n) is 15.2. The van der Waals surface area contributed by atoms with Crippen LogP contribution in [-0.4, -0.2) is 25.8 Å². The van der Waals surface area contributed by atoms with Crippen LogP contribution >= 0.6 is 0 Å². The maximum atomic E-state index is 11.0. The number of pyridine rings is 1. The average molecular weight is 365 g/mol. The second-order valence-electron chi connectivity index (χ2n) is 6.38. The third-order valence-electron chi connectivity index (χ3n) is 4.46. The Morgan fingerprint density at radius 1 is 1.48 bits per heavy atom. The van der Waals surface area contributed by atoms with Gasteiger partial charge in [-0.05, 0) is 32.9 Å². The molecule has 0 unspecified atom stereocenters. The molecule has 3 N–H and O–H groups in total. The van der Waals surface area contributed by atoms with Crippen molar-refractivity contribution in [3.63, 3.8) is 0 Å². The van der Waals surface area contributed by atoms with Gasteiger partial charge in [-0.25, -0.2) is 4.98 Å². The maximum Gasteiger partial charge on any atom is 0.305 e. The number of nitrogens with zero attached hydrogens (tertiary/aromatic N) is 4. The third-order valence-corrected chi connectivity index (χ3v) is 4.46. The Balaban J connectivity index is 2.17. The first-order valence-electron chi connectivity index (χ1n) is 8.34. The summed E-state index contributed by atoms with van der Waals surface area (Å²) in [4.78, 5) is 15.4. The summed E-state index contributed by atoms with van der Waals surface area (Å²) in [6.07, 6.45) is 3.02. The fourth-order valence-corrected chi connectivity index (χ4v) is 3.26. The van der Waals surface area contributed by atoms with Gasteiger partial charge in [0.15, 0.2) is 0 Å². The molecule has 3 rings (SSSR count). The predicted molar refractivity (Wildman–Crippen MR) is 98.7 cm³/mol. The highest BCUT2D eigenvalue weighted by molar-refractivity contribution is 5.80. The van der Waals surface area contributed by atoms with Crippen molar-refractivity contribution in [1.82, 2.24) is 14.8 Å². The van der Waals surface area contributed by atoms with Gasteiger partial charge in [0.2, 0.25) is 0 Å². The van der Waals surface area contributed by atoms with E-state index in [1.807, 2.05) is 13.8 Å². The largest absolute Gasteiger partial charge is 0.481 e. The highest BCUT2D eigenvalue weighted by Gasteiger charge is 2.22. The summed E-state index contributed by atoms with van der Waals surface area (Å²) >= 11 is 0. The molecular formula is C19H19N5O3. The topological polar surface area (TPSA) is 131 Å². The molecule has 0 fully saturated rings. The molecule has 8 heteroatoms. The van der Waals surface area contributed by atoms with Gasteiger partial charge in [-0.15, -0.1) is 0 Å². The third kappa shape index (κ3) is 3.27. The second-order valence-corrected chi connectivity index (χ2v) is 6.38. The fraction of sp³-hybridized carbons (Fsp3) is 0.263. The van der Waals surface area contributed by atoms with Gasteiger partial charge in [-0.3, -0.25) is 9.48 Å². The Hall–Kier alpha value is -3.60. The Bertz CT molecular complexity index is 1040. The summed E-state index contributed by atoms with van der Waals surface area (Å²) in [5.74, 6) is -0.768. The number of anilines is 1. The van der Waals surface area contributed by atoms with Crippen LogP contribution in [0.3, 0.4) is 0 Å². The average Bonchev–Trinajstić information content (AvgIpc) is 3.22. The lowest BCUT2D eigenvalue weighted by atomic mass is 10.00. The first kappa shape index (κ1) is 18.2. The van der Waals surface area contributed by atoms with E-state index in [-0.39, 0.29) is 23.8 Å². The number of hydrogen-bond donors (Lipinski definition) is 2. The van der Waals surface area contributed by atoms with E-state index < -0.39 is 5.97 Å². The Labute approximate surface area is 155 Å².